The van der Waals surface area contributed by atoms with Crippen molar-refractivity contribution in [3.05, 3.63) is 76.7 Å². The van der Waals surface area contributed by atoms with Gasteiger partial charge in [0.15, 0.2) is 0 Å². The number of hydrogen-bond acceptors (Lipinski definition) is 5. The lowest BCUT2D eigenvalue weighted by Gasteiger charge is -2.34. The van der Waals surface area contributed by atoms with Gasteiger partial charge in [-0.1, -0.05) is 24.1 Å². The highest BCUT2D eigenvalue weighted by molar-refractivity contribution is 6.30. The fourth-order valence-electron chi connectivity index (χ4n) is 4.95. The molecule has 1 aromatic carbocycles. The zero-order valence-corrected chi connectivity index (χ0v) is 19.6. The molecule has 2 aliphatic rings. The molecule has 174 valence electrons. The molecule has 4 heterocycles. The second-order valence-corrected chi connectivity index (χ2v) is 9.44. The third kappa shape index (κ3) is 5.25. The Morgan fingerprint density at radius 1 is 1.09 bits per heavy atom. The summed E-state index contributed by atoms with van der Waals surface area (Å²) in [5, 5.41) is 10.4. The third-order valence-electron chi connectivity index (χ3n) is 6.71. The molecule has 6 nitrogen and oxygen atoms in total. The van der Waals surface area contributed by atoms with E-state index >= 15 is 0 Å². The average Bonchev–Trinajstić information content (AvgIpc) is 3.19. The maximum absolute atomic E-state index is 9.76. The molecule has 1 saturated heterocycles. The molecule has 5 rings (SSSR count). The Morgan fingerprint density at radius 2 is 2.03 bits per heavy atom. The molecule has 0 saturated carbocycles. The second kappa shape index (κ2) is 10.3. The molecular formula is C26H31ClN4O2. The van der Waals surface area contributed by atoms with Crippen LogP contribution in [-0.4, -0.2) is 56.8 Å². The topological polar surface area (TPSA) is 53.8 Å². The van der Waals surface area contributed by atoms with Crippen LogP contribution < -0.4 is 4.74 Å². The normalized spacial score (nSPS) is 19.6. The molecule has 2 aromatic heterocycles. The number of rotatable bonds is 6. The Kier molecular flexibility index (Phi) is 6.97. The van der Waals surface area contributed by atoms with E-state index in [4.69, 9.17) is 16.3 Å². The zero-order chi connectivity index (χ0) is 22.6. The van der Waals surface area contributed by atoms with Crippen LogP contribution in [0.25, 0.3) is 5.82 Å². The largest absolute Gasteiger partial charge is 0.492 e. The summed E-state index contributed by atoms with van der Waals surface area (Å²) in [4.78, 5) is 9.32. The lowest BCUT2D eigenvalue weighted by Crippen LogP contribution is -2.41. The van der Waals surface area contributed by atoms with Crippen molar-refractivity contribution < 1.29 is 9.84 Å². The number of aromatic nitrogens is 2. The summed E-state index contributed by atoms with van der Waals surface area (Å²) < 4.78 is 8.20. The van der Waals surface area contributed by atoms with Crippen LogP contribution in [0, 0.1) is 0 Å². The smallest absolute Gasteiger partial charge is 0.136 e. The van der Waals surface area contributed by atoms with Crippen molar-refractivity contribution in [3.8, 4) is 11.6 Å². The molecule has 3 aromatic rings. The first-order chi connectivity index (χ1) is 16.2. The summed E-state index contributed by atoms with van der Waals surface area (Å²) in [5.41, 5.74) is 3.70. The predicted octanol–water partition coefficient (Wildman–Crippen LogP) is 4.27. The zero-order valence-electron chi connectivity index (χ0n) is 18.9. The van der Waals surface area contributed by atoms with E-state index in [2.05, 4.69) is 49.7 Å². The number of benzene rings is 1. The second-order valence-electron chi connectivity index (χ2n) is 9.01. The summed E-state index contributed by atoms with van der Waals surface area (Å²) in [6.07, 6.45) is 7.23. The van der Waals surface area contributed by atoms with Crippen molar-refractivity contribution in [3.63, 3.8) is 0 Å². The monoisotopic (exact) mass is 466 g/mol. The molecule has 1 fully saturated rings. The van der Waals surface area contributed by atoms with Gasteiger partial charge in [0, 0.05) is 55.9 Å². The Bertz CT molecular complexity index is 1070. The van der Waals surface area contributed by atoms with Crippen LogP contribution in [0.1, 0.15) is 36.1 Å². The Balaban J connectivity index is 1.31. The maximum atomic E-state index is 9.76. The van der Waals surface area contributed by atoms with E-state index in [0.717, 1.165) is 50.7 Å². The molecule has 0 amide bonds. The van der Waals surface area contributed by atoms with E-state index in [1.165, 1.54) is 29.7 Å². The lowest BCUT2D eigenvalue weighted by molar-refractivity contribution is 0.0841. The van der Waals surface area contributed by atoms with Gasteiger partial charge in [0.2, 0.25) is 0 Å². The minimum Gasteiger partial charge on any atom is -0.492 e. The van der Waals surface area contributed by atoms with Crippen molar-refractivity contribution in [2.75, 3.05) is 26.3 Å². The van der Waals surface area contributed by atoms with Gasteiger partial charge in [-0.3, -0.25) is 9.80 Å². The number of aliphatic hydroxyl groups excluding tert-OH is 1. The van der Waals surface area contributed by atoms with Crippen molar-refractivity contribution in [2.24, 2.45) is 0 Å². The van der Waals surface area contributed by atoms with E-state index in [1.807, 2.05) is 18.3 Å². The number of likely N-dealkylation sites (tertiary alicyclic amines) is 1. The number of aliphatic hydroxyl groups is 1. The van der Waals surface area contributed by atoms with E-state index in [9.17, 15) is 5.11 Å². The van der Waals surface area contributed by atoms with Crippen LogP contribution in [0.15, 0.2) is 54.9 Å². The number of pyridine rings is 1. The Hall–Kier alpha value is -2.38. The van der Waals surface area contributed by atoms with Gasteiger partial charge in [-0.2, -0.15) is 0 Å². The van der Waals surface area contributed by atoms with Crippen molar-refractivity contribution in [1.82, 2.24) is 19.4 Å². The predicted molar refractivity (Wildman–Crippen MR) is 130 cm³/mol. The summed E-state index contributed by atoms with van der Waals surface area (Å²) >= 11 is 6.02. The number of piperidine rings is 1. The third-order valence-corrected chi connectivity index (χ3v) is 6.93. The van der Waals surface area contributed by atoms with Gasteiger partial charge >= 0.3 is 0 Å². The molecule has 7 heteroatoms. The summed E-state index contributed by atoms with van der Waals surface area (Å²) in [7, 11) is 0. The van der Waals surface area contributed by atoms with Crippen LogP contribution in [0.4, 0.5) is 0 Å². The quantitative estimate of drug-likeness (QED) is 0.588. The van der Waals surface area contributed by atoms with Gasteiger partial charge in [0.1, 0.15) is 18.2 Å². The van der Waals surface area contributed by atoms with E-state index in [-0.39, 0.29) is 12.6 Å². The molecule has 1 atom stereocenters. The molecule has 0 aliphatic carbocycles. The highest BCUT2D eigenvalue weighted by Crippen LogP contribution is 2.27. The number of hydrogen-bond donors (Lipinski definition) is 1. The fourth-order valence-corrected chi connectivity index (χ4v) is 5.06. The first kappa shape index (κ1) is 22.4. The minimum atomic E-state index is 0.240. The van der Waals surface area contributed by atoms with Crippen molar-refractivity contribution >= 4 is 11.6 Å². The van der Waals surface area contributed by atoms with Gasteiger partial charge in [-0.15, -0.1) is 0 Å². The molecule has 0 bridgehead atoms. The number of nitrogens with zero attached hydrogens (tertiary/aromatic N) is 4. The lowest BCUT2D eigenvalue weighted by atomic mass is 10.0. The SMILES string of the molecule is OCC1CCCCN1Cc1ccc2c(c1)CN(Cc1cccn1-c1ccc(Cl)cn1)CCO2. The highest BCUT2D eigenvalue weighted by atomic mass is 35.5. The number of ether oxygens (including phenoxy) is 1. The molecule has 2 aliphatic heterocycles. The molecule has 0 spiro atoms. The van der Waals surface area contributed by atoms with Crippen LogP contribution in [0.3, 0.4) is 0 Å². The van der Waals surface area contributed by atoms with Gasteiger partial charge in [-0.05, 0) is 61.3 Å². The number of fused-ring (bicyclic) bond motifs is 1. The van der Waals surface area contributed by atoms with Crippen LogP contribution in [-0.2, 0) is 19.6 Å². The van der Waals surface area contributed by atoms with Gasteiger partial charge < -0.3 is 14.4 Å². The summed E-state index contributed by atoms with van der Waals surface area (Å²) in [5.74, 6) is 1.85. The van der Waals surface area contributed by atoms with Crippen LogP contribution >= 0.6 is 11.6 Å². The molecule has 1 N–H and O–H groups in total. The Labute approximate surface area is 200 Å². The maximum Gasteiger partial charge on any atom is 0.136 e. The fraction of sp³-hybridized carbons (Fsp3) is 0.423. The van der Waals surface area contributed by atoms with Gasteiger partial charge in [0.25, 0.3) is 0 Å². The van der Waals surface area contributed by atoms with Crippen molar-refractivity contribution in [1.29, 1.82) is 0 Å². The van der Waals surface area contributed by atoms with Gasteiger partial charge in [-0.25, -0.2) is 4.98 Å². The summed E-state index contributed by atoms with van der Waals surface area (Å²) in [6.45, 7) is 5.36. The highest BCUT2D eigenvalue weighted by Gasteiger charge is 2.23. The van der Waals surface area contributed by atoms with Gasteiger partial charge in [0.05, 0.1) is 11.6 Å². The standard InChI is InChI=1S/C26H31ClN4O2/c27-22-7-9-26(28-15-22)31-11-3-5-23(31)18-29-12-13-33-25-8-6-20(14-21(25)17-29)16-30-10-2-1-4-24(30)19-32/h3,5-9,11,14-15,24,32H,1-2,4,10,12-13,16-19H2. The molecular weight excluding hydrogens is 436 g/mol. The molecule has 0 radical (unpaired) electrons. The first-order valence-electron chi connectivity index (χ1n) is 11.8. The first-order valence-corrected chi connectivity index (χ1v) is 12.2. The van der Waals surface area contributed by atoms with E-state index in [1.54, 1.807) is 6.20 Å². The molecule has 33 heavy (non-hydrogen) atoms. The van der Waals surface area contributed by atoms with Crippen LogP contribution in [0.2, 0.25) is 5.02 Å². The van der Waals surface area contributed by atoms with E-state index in [0.29, 0.717) is 11.6 Å². The Morgan fingerprint density at radius 3 is 2.88 bits per heavy atom. The number of halogens is 1. The van der Waals surface area contributed by atoms with Crippen LogP contribution in [0.5, 0.6) is 5.75 Å². The average molecular weight is 467 g/mol. The van der Waals surface area contributed by atoms with E-state index < -0.39 is 0 Å². The molecule has 1 unspecified atom stereocenters. The van der Waals surface area contributed by atoms with Crippen molar-refractivity contribution in [2.45, 2.75) is 44.9 Å². The minimum absolute atomic E-state index is 0.240. The summed E-state index contributed by atoms with van der Waals surface area (Å²) in [6, 6.07) is 14.9.